The highest BCUT2D eigenvalue weighted by Gasteiger charge is 2.28. The van der Waals surface area contributed by atoms with E-state index in [9.17, 15) is 14.0 Å². The van der Waals surface area contributed by atoms with Crippen LogP contribution in [0.3, 0.4) is 0 Å². The molecule has 2 heterocycles. The molecule has 1 aliphatic heterocycles. The molecule has 2 aromatic rings. The van der Waals surface area contributed by atoms with E-state index in [4.69, 9.17) is 0 Å². The lowest BCUT2D eigenvalue weighted by Crippen LogP contribution is -2.31. The normalized spacial score (nSPS) is 13.1. The molecule has 7 heteroatoms. The highest BCUT2D eigenvalue weighted by Crippen LogP contribution is 2.22. The molecule has 0 bridgehead atoms. The van der Waals surface area contributed by atoms with Crippen molar-refractivity contribution in [2.24, 2.45) is 0 Å². The molecule has 150 valence electrons. The van der Waals surface area contributed by atoms with Crippen molar-refractivity contribution in [2.45, 2.75) is 52.1 Å². The Morgan fingerprint density at radius 1 is 1.25 bits per heavy atom. The van der Waals surface area contributed by atoms with Crippen molar-refractivity contribution in [1.29, 1.82) is 0 Å². The Morgan fingerprint density at radius 2 is 2.00 bits per heavy atom. The quantitative estimate of drug-likeness (QED) is 0.795. The molecule has 1 N–H and O–H groups in total. The molecular weight excluding hydrogens is 359 g/mol. The fourth-order valence-electron chi connectivity index (χ4n) is 3.42. The van der Waals surface area contributed by atoms with E-state index in [1.165, 1.54) is 12.1 Å². The van der Waals surface area contributed by atoms with Crippen LogP contribution < -0.4 is 5.32 Å². The third-order valence-corrected chi connectivity index (χ3v) is 5.08. The smallest absolute Gasteiger partial charge is 0.289 e. The van der Waals surface area contributed by atoms with Crippen LogP contribution in [0.15, 0.2) is 24.3 Å². The monoisotopic (exact) mass is 386 g/mol. The summed E-state index contributed by atoms with van der Waals surface area (Å²) >= 11 is 0. The molecule has 0 radical (unpaired) electrons. The minimum Gasteiger partial charge on any atom is -0.347 e. The van der Waals surface area contributed by atoms with Gasteiger partial charge in [-0.1, -0.05) is 25.5 Å². The van der Waals surface area contributed by atoms with Gasteiger partial charge in [-0.3, -0.25) is 9.59 Å². The Morgan fingerprint density at radius 3 is 2.71 bits per heavy atom. The number of carbonyl (C=O) groups is 2. The minimum absolute atomic E-state index is 0.144. The molecule has 1 aromatic carbocycles. The van der Waals surface area contributed by atoms with Crippen molar-refractivity contribution in [1.82, 2.24) is 19.8 Å². The Labute approximate surface area is 164 Å². The minimum atomic E-state index is -0.311. The van der Waals surface area contributed by atoms with Crippen LogP contribution in [0, 0.1) is 5.82 Å². The summed E-state index contributed by atoms with van der Waals surface area (Å²) in [7, 11) is 1.77. The van der Waals surface area contributed by atoms with E-state index in [1.807, 2.05) is 4.57 Å². The third kappa shape index (κ3) is 4.40. The average molecular weight is 386 g/mol. The SMILES string of the molecule is CCCCN(C)C(=O)c1nc(C(=O)NCc2ccc(F)cc2)c2n1CCCC2. The lowest BCUT2D eigenvalue weighted by atomic mass is 10.1. The Bertz CT molecular complexity index is 845. The Balaban J connectivity index is 1.78. The van der Waals surface area contributed by atoms with Crippen molar-refractivity contribution in [3.8, 4) is 0 Å². The van der Waals surface area contributed by atoms with E-state index in [2.05, 4.69) is 17.2 Å². The van der Waals surface area contributed by atoms with Gasteiger partial charge in [-0.15, -0.1) is 0 Å². The van der Waals surface area contributed by atoms with Crippen molar-refractivity contribution >= 4 is 11.8 Å². The molecular formula is C21H27FN4O2. The lowest BCUT2D eigenvalue weighted by molar-refractivity contribution is 0.0775. The van der Waals surface area contributed by atoms with Gasteiger partial charge >= 0.3 is 0 Å². The van der Waals surface area contributed by atoms with Crippen LogP contribution in [0.2, 0.25) is 0 Å². The summed E-state index contributed by atoms with van der Waals surface area (Å²) in [5, 5.41) is 2.84. The molecule has 0 fully saturated rings. The predicted molar refractivity (Wildman–Crippen MR) is 105 cm³/mol. The number of nitrogens with zero attached hydrogens (tertiary/aromatic N) is 3. The predicted octanol–water partition coefficient (Wildman–Crippen LogP) is 3.16. The average Bonchev–Trinajstić information content (AvgIpc) is 3.10. The standard InChI is InChI=1S/C21H27FN4O2/c1-3-4-12-25(2)21(28)19-24-18(17-7-5-6-13-26(17)19)20(27)23-14-15-8-10-16(22)11-9-15/h8-11H,3-7,12-14H2,1-2H3,(H,23,27). The van der Waals surface area contributed by atoms with Crippen molar-refractivity contribution in [2.75, 3.05) is 13.6 Å². The number of aromatic nitrogens is 2. The molecule has 1 aliphatic rings. The molecule has 1 aromatic heterocycles. The number of carbonyl (C=O) groups excluding carboxylic acids is 2. The number of hydrogen-bond acceptors (Lipinski definition) is 3. The first-order valence-electron chi connectivity index (χ1n) is 9.88. The van der Waals surface area contributed by atoms with Crippen LogP contribution >= 0.6 is 0 Å². The fraction of sp³-hybridized carbons (Fsp3) is 0.476. The van der Waals surface area contributed by atoms with E-state index < -0.39 is 0 Å². The summed E-state index contributed by atoms with van der Waals surface area (Å²) in [5.74, 6) is -0.409. The molecule has 0 spiro atoms. The molecule has 0 aliphatic carbocycles. The number of rotatable bonds is 7. The second-order valence-electron chi connectivity index (χ2n) is 7.23. The van der Waals surface area contributed by atoms with Gasteiger partial charge in [-0.25, -0.2) is 9.37 Å². The van der Waals surface area contributed by atoms with Crippen molar-refractivity contribution in [3.63, 3.8) is 0 Å². The molecule has 0 saturated heterocycles. The highest BCUT2D eigenvalue weighted by atomic mass is 19.1. The maximum absolute atomic E-state index is 13.0. The molecule has 28 heavy (non-hydrogen) atoms. The first-order chi connectivity index (χ1) is 13.5. The van der Waals surface area contributed by atoms with Crippen molar-refractivity contribution < 1.29 is 14.0 Å². The van der Waals surface area contributed by atoms with Gasteiger partial charge in [0.25, 0.3) is 11.8 Å². The number of halogens is 1. The molecule has 0 saturated carbocycles. The van der Waals surface area contributed by atoms with Gasteiger partial charge in [0.2, 0.25) is 0 Å². The number of amides is 2. The summed E-state index contributed by atoms with van der Waals surface area (Å²) in [5.41, 5.74) is 1.96. The first kappa shape index (κ1) is 20.0. The topological polar surface area (TPSA) is 67.2 Å². The number of fused-ring (bicyclic) bond motifs is 1. The van der Waals surface area contributed by atoms with Crippen LogP contribution in [-0.2, 0) is 19.5 Å². The maximum Gasteiger partial charge on any atom is 0.289 e. The molecule has 3 rings (SSSR count). The Hall–Kier alpha value is -2.70. The fourth-order valence-corrected chi connectivity index (χ4v) is 3.42. The second-order valence-corrected chi connectivity index (χ2v) is 7.23. The van der Waals surface area contributed by atoms with Crippen LogP contribution in [0.1, 0.15) is 65.0 Å². The van der Waals surface area contributed by atoms with Gasteiger partial charge in [-0.05, 0) is 43.4 Å². The zero-order valence-electron chi connectivity index (χ0n) is 16.5. The van der Waals surface area contributed by atoms with Crippen LogP contribution in [0.5, 0.6) is 0 Å². The van der Waals surface area contributed by atoms with Gasteiger partial charge in [0.1, 0.15) is 11.5 Å². The third-order valence-electron chi connectivity index (χ3n) is 5.08. The van der Waals surface area contributed by atoms with E-state index in [-0.39, 0.29) is 24.2 Å². The van der Waals surface area contributed by atoms with Crippen LogP contribution in [0.4, 0.5) is 4.39 Å². The summed E-state index contributed by atoms with van der Waals surface area (Å²) < 4.78 is 14.9. The molecule has 0 atom stereocenters. The summed E-state index contributed by atoms with van der Waals surface area (Å²) in [6.07, 6.45) is 4.62. The summed E-state index contributed by atoms with van der Waals surface area (Å²) in [6.45, 7) is 3.74. The van der Waals surface area contributed by atoms with Gasteiger partial charge in [-0.2, -0.15) is 0 Å². The highest BCUT2D eigenvalue weighted by molar-refractivity contribution is 5.97. The van der Waals surface area contributed by atoms with Crippen LogP contribution in [-0.4, -0.2) is 39.9 Å². The number of imidazole rings is 1. The van der Waals surface area contributed by atoms with E-state index in [1.54, 1.807) is 24.1 Å². The zero-order chi connectivity index (χ0) is 20.1. The molecule has 2 amide bonds. The largest absolute Gasteiger partial charge is 0.347 e. The lowest BCUT2D eigenvalue weighted by Gasteiger charge is -2.20. The Kier molecular flexibility index (Phi) is 6.44. The van der Waals surface area contributed by atoms with E-state index in [0.717, 1.165) is 43.4 Å². The molecule has 0 unspecified atom stereocenters. The zero-order valence-corrected chi connectivity index (χ0v) is 16.5. The number of benzene rings is 1. The summed E-state index contributed by atoms with van der Waals surface area (Å²) in [4.78, 5) is 31.7. The number of unbranched alkanes of at least 4 members (excludes halogenated alkanes) is 1. The summed E-state index contributed by atoms with van der Waals surface area (Å²) in [6, 6.07) is 6.00. The first-order valence-corrected chi connectivity index (χ1v) is 9.88. The number of hydrogen-bond donors (Lipinski definition) is 1. The van der Waals surface area contributed by atoms with Gasteiger partial charge < -0.3 is 14.8 Å². The second kappa shape index (κ2) is 8.99. The van der Waals surface area contributed by atoms with Crippen molar-refractivity contribution in [3.05, 3.63) is 52.9 Å². The van der Waals surface area contributed by atoms with Gasteiger partial charge in [0, 0.05) is 26.7 Å². The number of nitrogens with one attached hydrogen (secondary N) is 1. The van der Waals surface area contributed by atoms with Gasteiger partial charge in [0.05, 0.1) is 5.69 Å². The van der Waals surface area contributed by atoms with Gasteiger partial charge in [0.15, 0.2) is 5.82 Å². The van der Waals surface area contributed by atoms with E-state index in [0.29, 0.717) is 24.6 Å². The van der Waals surface area contributed by atoms with Crippen LogP contribution in [0.25, 0.3) is 0 Å². The van der Waals surface area contributed by atoms with E-state index >= 15 is 0 Å². The molecule has 6 nitrogen and oxygen atoms in total. The maximum atomic E-state index is 13.0.